The van der Waals surface area contributed by atoms with E-state index in [-0.39, 0.29) is 30.6 Å². The Morgan fingerprint density at radius 1 is 0.925 bits per heavy atom. The average Bonchev–Trinajstić information content (AvgIpc) is 3.68. The van der Waals surface area contributed by atoms with Crippen LogP contribution in [0.15, 0.2) is 25.3 Å². The second-order valence-electron chi connectivity index (χ2n) is 9.05. The summed E-state index contributed by atoms with van der Waals surface area (Å²) < 4.78 is 38.2. The van der Waals surface area contributed by atoms with Gasteiger partial charge in [-0.05, 0) is 0 Å². The molecule has 0 amide bonds. The Balaban J connectivity index is 0.00000323. The minimum atomic E-state index is -4.66. The van der Waals surface area contributed by atoms with Crippen LogP contribution >= 0.6 is 7.82 Å². The maximum atomic E-state index is 12.8. The molecule has 0 bridgehead atoms. The van der Waals surface area contributed by atoms with Crippen molar-refractivity contribution in [2.24, 2.45) is 0 Å². The number of aliphatic hydroxyl groups is 2. The van der Waals surface area contributed by atoms with Crippen LogP contribution in [0, 0.1) is 0 Å². The Hall–Kier alpha value is -3.39. The fourth-order valence-electron chi connectivity index (χ4n) is 4.71. The molecule has 19 nitrogen and oxygen atoms in total. The van der Waals surface area contributed by atoms with E-state index in [2.05, 4.69) is 29.9 Å². The molecular formula is C20H28N11O8P. The zero-order chi connectivity index (χ0) is 27.3. The number of hydrogen-bond acceptors (Lipinski definition) is 16. The lowest BCUT2D eigenvalue weighted by molar-refractivity contribution is -0.0554. The second-order valence-corrected chi connectivity index (χ2v) is 10.5. The van der Waals surface area contributed by atoms with Gasteiger partial charge in [-0.1, -0.05) is 0 Å². The average molecular weight is 581 g/mol. The van der Waals surface area contributed by atoms with Crippen LogP contribution in [0.5, 0.6) is 0 Å². The number of hydrogen-bond donors (Lipinski definition) is 6. The fourth-order valence-corrected chi connectivity index (χ4v) is 5.67. The zero-order valence-electron chi connectivity index (χ0n) is 20.9. The molecule has 2 fully saturated rings. The van der Waals surface area contributed by atoms with Crippen molar-refractivity contribution in [1.29, 1.82) is 0 Å². The number of nitrogens with two attached hydrogens (primary N) is 2. The molecule has 0 radical (unpaired) electrons. The van der Waals surface area contributed by atoms with Gasteiger partial charge in [-0.15, -0.1) is 0 Å². The Kier molecular flexibility index (Phi) is 7.66. The number of ether oxygens (including phenoxy) is 2. The van der Waals surface area contributed by atoms with Gasteiger partial charge in [0.05, 0.1) is 32.0 Å². The minimum Gasteiger partial charge on any atom is -0.394 e. The van der Waals surface area contributed by atoms with Gasteiger partial charge in [-0.25, -0.2) is 34.5 Å². The van der Waals surface area contributed by atoms with Crippen LogP contribution in [-0.4, -0.2) is 91.8 Å². The molecule has 2 saturated heterocycles. The summed E-state index contributed by atoms with van der Waals surface area (Å²) in [6, 6.07) is 0. The van der Waals surface area contributed by atoms with E-state index >= 15 is 0 Å². The van der Waals surface area contributed by atoms with E-state index in [9.17, 15) is 19.7 Å². The minimum absolute atomic E-state index is 0. The molecular weight excluding hydrogens is 553 g/mol. The molecule has 4 aromatic heterocycles. The number of nitrogens with zero attached hydrogens (tertiary/aromatic N) is 8. The molecule has 4 aromatic rings. The molecule has 2 aliphatic heterocycles. The van der Waals surface area contributed by atoms with Crippen molar-refractivity contribution in [1.82, 2.24) is 45.2 Å². The molecule has 6 heterocycles. The van der Waals surface area contributed by atoms with Gasteiger partial charge < -0.3 is 42.2 Å². The number of phosphoric acid groups is 1. The molecule has 0 aliphatic carbocycles. The summed E-state index contributed by atoms with van der Waals surface area (Å²) in [5, 5.41) is 20.3. The van der Waals surface area contributed by atoms with Crippen LogP contribution in [0.25, 0.3) is 22.3 Å². The maximum absolute atomic E-state index is 12.8. The highest BCUT2D eigenvalue weighted by Gasteiger charge is 2.43. The molecule has 40 heavy (non-hydrogen) atoms. The van der Waals surface area contributed by atoms with Crippen molar-refractivity contribution >= 4 is 41.8 Å². The monoisotopic (exact) mass is 581 g/mol. The fraction of sp³-hybridized carbons (Fsp3) is 0.500. The number of anilines is 2. The van der Waals surface area contributed by atoms with Crippen molar-refractivity contribution in [3.8, 4) is 0 Å². The number of fused-ring (bicyclic) bond motifs is 2. The van der Waals surface area contributed by atoms with Gasteiger partial charge in [0.2, 0.25) is 0 Å². The van der Waals surface area contributed by atoms with E-state index in [0.717, 1.165) is 0 Å². The van der Waals surface area contributed by atoms with E-state index < -0.39 is 57.9 Å². The zero-order valence-corrected chi connectivity index (χ0v) is 21.8. The summed E-state index contributed by atoms with van der Waals surface area (Å²) in [6.45, 7) is -0.928. The molecule has 1 unspecified atom stereocenters. The largest absolute Gasteiger partial charge is 0.472 e. The number of imidazole rings is 2. The number of nitrogen functional groups attached to an aromatic ring is 2. The van der Waals surface area contributed by atoms with Crippen LogP contribution in [0.3, 0.4) is 0 Å². The van der Waals surface area contributed by atoms with Crippen molar-refractivity contribution < 1.29 is 38.2 Å². The normalized spacial score (nSPS) is 28.2. The van der Waals surface area contributed by atoms with E-state index in [1.54, 1.807) is 9.13 Å². The predicted octanol–water partition coefficient (Wildman–Crippen LogP) is -0.577. The highest BCUT2D eigenvalue weighted by molar-refractivity contribution is 7.47. The van der Waals surface area contributed by atoms with Crippen LogP contribution in [0.2, 0.25) is 0 Å². The van der Waals surface area contributed by atoms with Gasteiger partial charge in [-0.3, -0.25) is 18.2 Å². The second kappa shape index (κ2) is 10.9. The molecule has 6 rings (SSSR count). The quantitative estimate of drug-likeness (QED) is 0.142. The van der Waals surface area contributed by atoms with Crippen LogP contribution in [0.1, 0.15) is 25.3 Å². The summed E-state index contributed by atoms with van der Waals surface area (Å²) >= 11 is 0. The van der Waals surface area contributed by atoms with Gasteiger partial charge in [0.15, 0.2) is 22.9 Å². The van der Waals surface area contributed by atoms with Crippen molar-refractivity contribution in [3.63, 3.8) is 0 Å². The van der Waals surface area contributed by atoms with E-state index in [0.29, 0.717) is 22.3 Å². The Bertz CT molecular complexity index is 1550. The predicted molar refractivity (Wildman–Crippen MR) is 135 cm³/mol. The van der Waals surface area contributed by atoms with E-state index in [1.807, 2.05) is 0 Å². The topological polar surface area (TPSA) is 289 Å². The third kappa shape index (κ3) is 5.09. The lowest BCUT2D eigenvalue weighted by Crippen LogP contribution is -2.29. The van der Waals surface area contributed by atoms with Gasteiger partial charge in [0.25, 0.3) is 0 Å². The van der Waals surface area contributed by atoms with Crippen LogP contribution in [0.4, 0.5) is 11.6 Å². The Morgan fingerprint density at radius 2 is 1.48 bits per heavy atom. The molecule has 0 saturated carbocycles. The first-order valence-electron chi connectivity index (χ1n) is 11.9. The highest BCUT2D eigenvalue weighted by Crippen LogP contribution is 2.49. The number of aliphatic hydroxyl groups excluding tert-OH is 2. The lowest BCUT2D eigenvalue weighted by Gasteiger charge is -2.21. The SMILES string of the molecule is N.Nc1ncnc2c1ncn2[C@H]1C[C@H](OP(=O)(O)OC[C@H]2O[C@@H](n3cnc4c(N)ncnc43)C[C@@H]2O)[C@@H](CO)O1. The smallest absolute Gasteiger partial charge is 0.394 e. The first-order chi connectivity index (χ1) is 18.7. The lowest BCUT2D eigenvalue weighted by atomic mass is 10.2. The molecule has 10 N–H and O–H groups in total. The van der Waals surface area contributed by atoms with Gasteiger partial charge in [0, 0.05) is 12.8 Å². The standard InChI is InChI=1S/C20H25N10O8P.H3N/c21-17-15-19(25-5-23-17)29(7-27-15)13-1-9(32)12(37-13)4-35-39(33,34)38-10-2-14(36-11(10)3-31)30-8-28-16-18(22)24-6-26-20(16)30;/h5-14,31-32H,1-4H2,(H,33,34)(H2,21,23,25)(H2,22,24,26);1H3/t9-,10-,11+,12+,13+,14+;/m0./s1. The molecule has 0 spiro atoms. The van der Waals surface area contributed by atoms with Crippen molar-refractivity contribution in [2.45, 2.75) is 49.7 Å². The number of aromatic nitrogens is 8. The molecule has 2 aliphatic rings. The van der Waals surface area contributed by atoms with Crippen molar-refractivity contribution in [2.75, 3.05) is 24.7 Å². The van der Waals surface area contributed by atoms with Gasteiger partial charge in [-0.2, -0.15) is 0 Å². The Morgan fingerprint density at radius 3 is 2.05 bits per heavy atom. The first-order valence-corrected chi connectivity index (χ1v) is 13.3. The summed E-state index contributed by atoms with van der Waals surface area (Å²) in [7, 11) is -4.66. The number of phosphoric ester groups is 1. The van der Waals surface area contributed by atoms with Crippen LogP contribution in [-0.2, 0) is 23.1 Å². The summed E-state index contributed by atoms with van der Waals surface area (Å²) in [5.41, 5.74) is 13.2. The summed E-state index contributed by atoms with van der Waals surface area (Å²) in [6.07, 6.45) is 0.436. The molecule has 0 aromatic carbocycles. The van der Waals surface area contributed by atoms with Crippen molar-refractivity contribution in [3.05, 3.63) is 25.3 Å². The van der Waals surface area contributed by atoms with E-state index in [4.69, 9.17) is 30.0 Å². The van der Waals surface area contributed by atoms with Gasteiger partial charge >= 0.3 is 7.82 Å². The first kappa shape index (κ1) is 28.1. The Labute approximate surface area is 225 Å². The van der Waals surface area contributed by atoms with Crippen LogP contribution < -0.4 is 17.6 Å². The van der Waals surface area contributed by atoms with Gasteiger partial charge in [0.1, 0.15) is 54.5 Å². The maximum Gasteiger partial charge on any atom is 0.472 e. The summed E-state index contributed by atoms with van der Waals surface area (Å²) in [4.78, 5) is 34.9. The number of rotatable bonds is 8. The summed E-state index contributed by atoms with van der Waals surface area (Å²) in [5.74, 6) is 0.391. The molecule has 20 heteroatoms. The third-order valence-corrected chi connectivity index (χ3v) is 7.64. The highest BCUT2D eigenvalue weighted by atomic mass is 31.2. The molecule has 7 atom stereocenters. The van der Waals surface area contributed by atoms with E-state index in [1.165, 1.54) is 25.3 Å². The molecule has 216 valence electrons. The third-order valence-electron chi connectivity index (χ3n) is 6.63.